The van der Waals surface area contributed by atoms with Gasteiger partial charge < -0.3 is 9.90 Å². The molecule has 110 valence electrons. The van der Waals surface area contributed by atoms with Gasteiger partial charge in [-0.1, -0.05) is 47.5 Å². The predicted molar refractivity (Wildman–Crippen MR) is 83.1 cm³/mol. The summed E-state index contributed by atoms with van der Waals surface area (Å²) in [4.78, 5) is 11.4. The zero-order valence-electron chi connectivity index (χ0n) is 11.8. The van der Waals surface area contributed by atoms with Crippen molar-refractivity contribution >= 4 is 17.6 Å². The second-order valence-electron chi connectivity index (χ2n) is 4.93. The summed E-state index contributed by atoms with van der Waals surface area (Å²) in [5.41, 5.74) is 2.89. The van der Waals surface area contributed by atoms with Crippen LogP contribution >= 0.6 is 11.6 Å². The van der Waals surface area contributed by atoms with Gasteiger partial charge in [-0.2, -0.15) is 5.10 Å². The molecule has 0 amide bonds. The molecule has 0 saturated carbocycles. The lowest BCUT2D eigenvalue weighted by molar-refractivity contribution is -0.255. The summed E-state index contributed by atoms with van der Waals surface area (Å²) < 4.78 is 1.35. The molecule has 0 radical (unpaired) electrons. The van der Waals surface area contributed by atoms with Gasteiger partial charge in [0.15, 0.2) is 0 Å². The van der Waals surface area contributed by atoms with Crippen molar-refractivity contribution < 1.29 is 9.90 Å². The van der Waals surface area contributed by atoms with Crippen LogP contribution in [0.15, 0.2) is 54.6 Å². The third-order valence-corrected chi connectivity index (χ3v) is 3.68. The lowest BCUT2D eigenvalue weighted by Gasteiger charge is -2.07. The molecule has 22 heavy (non-hydrogen) atoms. The number of hydrogen-bond acceptors (Lipinski definition) is 3. The summed E-state index contributed by atoms with van der Waals surface area (Å²) in [5.74, 6) is -1.29. The summed E-state index contributed by atoms with van der Waals surface area (Å²) in [5, 5.41) is 16.3. The SMILES string of the molecule is Cc1ccc(-n2nc(-c3ccccc3Cl)cc2C(=O)[O-])cc1. The van der Waals surface area contributed by atoms with Crippen molar-refractivity contribution in [2.45, 2.75) is 6.92 Å². The molecular formula is C17H12ClN2O2-. The van der Waals surface area contributed by atoms with Crippen LogP contribution in [-0.4, -0.2) is 15.7 Å². The summed E-state index contributed by atoms with van der Waals surface area (Å²) >= 11 is 6.15. The maximum atomic E-state index is 11.4. The Morgan fingerprint density at radius 1 is 1.14 bits per heavy atom. The van der Waals surface area contributed by atoms with Crippen LogP contribution in [0.2, 0.25) is 5.02 Å². The largest absolute Gasteiger partial charge is 0.543 e. The summed E-state index contributed by atoms with van der Waals surface area (Å²) in [7, 11) is 0. The number of hydrogen-bond donors (Lipinski definition) is 0. The van der Waals surface area contributed by atoms with Crippen molar-refractivity contribution in [3.63, 3.8) is 0 Å². The molecular weight excluding hydrogens is 300 g/mol. The molecule has 5 heteroatoms. The molecule has 0 aliphatic rings. The Hall–Kier alpha value is -2.59. The van der Waals surface area contributed by atoms with Crippen molar-refractivity contribution in [3.8, 4) is 16.9 Å². The Balaban J connectivity index is 2.17. The molecule has 1 heterocycles. The van der Waals surface area contributed by atoms with Gasteiger partial charge in [0.25, 0.3) is 0 Å². The predicted octanol–water partition coefficient (Wildman–Crippen LogP) is 2.86. The molecule has 0 fully saturated rings. The number of rotatable bonds is 3. The topological polar surface area (TPSA) is 58.0 Å². The third kappa shape index (κ3) is 2.61. The van der Waals surface area contributed by atoms with Gasteiger partial charge in [0.05, 0.1) is 28.1 Å². The van der Waals surface area contributed by atoms with Crippen LogP contribution < -0.4 is 5.11 Å². The van der Waals surface area contributed by atoms with E-state index in [1.165, 1.54) is 10.7 Å². The van der Waals surface area contributed by atoms with Crippen molar-refractivity contribution in [1.82, 2.24) is 9.78 Å². The molecule has 0 bridgehead atoms. The standard InChI is InChI=1S/C17H13ClN2O2/c1-11-6-8-12(9-7-11)20-16(17(21)22)10-15(19-20)13-4-2-3-5-14(13)18/h2-10H,1H3,(H,21,22)/p-1. The van der Waals surface area contributed by atoms with Crippen molar-refractivity contribution in [2.75, 3.05) is 0 Å². The molecule has 1 aromatic heterocycles. The van der Waals surface area contributed by atoms with Gasteiger partial charge in [-0.3, -0.25) is 0 Å². The lowest BCUT2D eigenvalue weighted by Crippen LogP contribution is -2.25. The average molecular weight is 312 g/mol. The molecule has 0 spiro atoms. The molecule has 3 aromatic rings. The number of aromatic nitrogens is 2. The van der Waals surface area contributed by atoms with Crippen molar-refractivity contribution in [1.29, 1.82) is 0 Å². The van der Waals surface area contributed by atoms with E-state index in [1.807, 2.05) is 43.3 Å². The van der Waals surface area contributed by atoms with Gasteiger partial charge >= 0.3 is 0 Å². The zero-order valence-corrected chi connectivity index (χ0v) is 12.5. The second kappa shape index (κ2) is 5.66. The maximum Gasteiger partial charge on any atom is 0.0949 e. The van der Waals surface area contributed by atoms with Crippen LogP contribution in [0.25, 0.3) is 16.9 Å². The van der Waals surface area contributed by atoms with Gasteiger partial charge in [-0.15, -0.1) is 0 Å². The van der Waals surface area contributed by atoms with E-state index in [0.29, 0.717) is 22.0 Å². The molecule has 0 aliphatic carbocycles. The highest BCUT2D eigenvalue weighted by molar-refractivity contribution is 6.33. The zero-order chi connectivity index (χ0) is 15.7. The molecule has 2 aromatic carbocycles. The number of benzene rings is 2. The number of carbonyl (C=O) groups excluding carboxylic acids is 1. The van der Waals surface area contributed by atoms with E-state index < -0.39 is 5.97 Å². The highest BCUT2D eigenvalue weighted by atomic mass is 35.5. The number of aryl methyl sites for hydroxylation is 1. The van der Waals surface area contributed by atoms with E-state index in [1.54, 1.807) is 12.1 Å². The molecule has 4 nitrogen and oxygen atoms in total. The van der Waals surface area contributed by atoms with Crippen LogP contribution in [0.3, 0.4) is 0 Å². The number of aromatic carboxylic acids is 1. The minimum Gasteiger partial charge on any atom is -0.543 e. The summed E-state index contributed by atoms with van der Waals surface area (Å²) in [6.07, 6.45) is 0. The Labute approximate surface area is 132 Å². The third-order valence-electron chi connectivity index (χ3n) is 3.35. The molecule has 3 rings (SSSR count). The van der Waals surface area contributed by atoms with Crippen molar-refractivity contribution in [2.24, 2.45) is 0 Å². The average Bonchev–Trinajstić information content (AvgIpc) is 2.93. The highest BCUT2D eigenvalue weighted by Crippen LogP contribution is 2.28. The molecule has 0 aliphatic heterocycles. The normalized spacial score (nSPS) is 10.6. The van der Waals surface area contributed by atoms with Crippen molar-refractivity contribution in [3.05, 3.63) is 70.9 Å². The smallest absolute Gasteiger partial charge is 0.0949 e. The van der Waals surface area contributed by atoms with Crippen LogP contribution in [0.5, 0.6) is 0 Å². The Morgan fingerprint density at radius 2 is 1.82 bits per heavy atom. The van der Waals surface area contributed by atoms with Crippen LogP contribution in [0, 0.1) is 6.92 Å². The number of nitrogens with zero attached hydrogens (tertiary/aromatic N) is 2. The Bertz CT molecular complexity index is 838. The van der Waals surface area contributed by atoms with E-state index >= 15 is 0 Å². The monoisotopic (exact) mass is 311 g/mol. The van der Waals surface area contributed by atoms with E-state index in [0.717, 1.165) is 5.56 Å². The Kier molecular flexibility index (Phi) is 3.69. The van der Waals surface area contributed by atoms with Gasteiger partial charge in [0.2, 0.25) is 0 Å². The van der Waals surface area contributed by atoms with E-state index in [2.05, 4.69) is 5.10 Å². The van der Waals surface area contributed by atoms with Gasteiger partial charge in [-0.05, 0) is 31.2 Å². The van der Waals surface area contributed by atoms with E-state index in [4.69, 9.17) is 11.6 Å². The lowest BCUT2D eigenvalue weighted by atomic mass is 10.1. The van der Waals surface area contributed by atoms with Gasteiger partial charge in [0, 0.05) is 5.56 Å². The molecule has 0 N–H and O–H groups in total. The fourth-order valence-electron chi connectivity index (χ4n) is 2.21. The minimum absolute atomic E-state index is 0.0150. The fourth-order valence-corrected chi connectivity index (χ4v) is 2.44. The van der Waals surface area contributed by atoms with Gasteiger partial charge in [0.1, 0.15) is 0 Å². The highest BCUT2D eigenvalue weighted by Gasteiger charge is 2.13. The van der Waals surface area contributed by atoms with Crippen LogP contribution in [0.1, 0.15) is 16.1 Å². The second-order valence-corrected chi connectivity index (χ2v) is 5.34. The quantitative estimate of drug-likeness (QED) is 0.747. The summed E-state index contributed by atoms with van der Waals surface area (Å²) in [6.45, 7) is 1.96. The first-order valence-electron chi connectivity index (χ1n) is 6.69. The maximum absolute atomic E-state index is 11.4. The Morgan fingerprint density at radius 3 is 2.45 bits per heavy atom. The first-order valence-corrected chi connectivity index (χ1v) is 7.07. The summed E-state index contributed by atoms with van der Waals surface area (Å²) in [6, 6.07) is 16.0. The number of halogens is 1. The van der Waals surface area contributed by atoms with Crippen LogP contribution in [0.4, 0.5) is 0 Å². The first kappa shape index (κ1) is 14.4. The number of carboxylic acid groups (broad SMARTS) is 1. The first-order chi connectivity index (χ1) is 10.6. The molecule has 0 atom stereocenters. The van der Waals surface area contributed by atoms with Gasteiger partial charge in [-0.25, -0.2) is 4.68 Å². The van der Waals surface area contributed by atoms with E-state index in [9.17, 15) is 9.90 Å². The van der Waals surface area contributed by atoms with E-state index in [-0.39, 0.29) is 5.69 Å². The minimum atomic E-state index is -1.29. The van der Waals surface area contributed by atoms with Crippen LogP contribution in [-0.2, 0) is 0 Å². The molecule has 0 unspecified atom stereocenters. The molecule has 0 saturated heterocycles. The number of carboxylic acids is 1. The fraction of sp³-hybridized carbons (Fsp3) is 0.0588. The number of carbonyl (C=O) groups is 1.